The molecule has 0 aliphatic carbocycles. The number of nitrogens with two attached hydrogens (primary N) is 1. The number of hydrogen-bond donors (Lipinski definition) is 2. The van der Waals surface area contributed by atoms with Gasteiger partial charge in [0.15, 0.2) is 0 Å². The second kappa shape index (κ2) is 5.96. The number of rotatable bonds is 4. The average molecular weight is 304 g/mol. The van der Waals surface area contributed by atoms with E-state index in [9.17, 15) is 13.9 Å². The first kappa shape index (κ1) is 14.4. The van der Waals surface area contributed by atoms with Crippen LogP contribution >= 0.6 is 22.9 Å². The van der Waals surface area contributed by atoms with Crippen LogP contribution in [0.15, 0.2) is 30.3 Å². The maximum Gasteiger partial charge on any atom is 0.126 e. The van der Waals surface area contributed by atoms with Crippen LogP contribution in [0, 0.1) is 11.6 Å². The molecule has 0 spiro atoms. The molecule has 2 nitrogen and oxygen atoms in total. The van der Waals surface area contributed by atoms with E-state index < -0.39 is 23.7 Å². The topological polar surface area (TPSA) is 46.2 Å². The fraction of sp³-hybridized carbons (Fsp3) is 0.231. The molecular formula is C13H12ClF2NOS. The lowest BCUT2D eigenvalue weighted by Gasteiger charge is -2.21. The second-order valence-electron chi connectivity index (χ2n) is 4.13. The third-order valence-electron chi connectivity index (χ3n) is 2.83. The Kier molecular flexibility index (Phi) is 4.52. The van der Waals surface area contributed by atoms with E-state index in [-0.39, 0.29) is 6.54 Å². The van der Waals surface area contributed by atoms with Crippen LogP contribution in [-0.4, -0.2) is 11.7 Å². The minimum Gasteiger partial charge on any atom is -0.387 e. The van der Waals surface area contributed by atoms with Crippen molar-refractivity contribution in [2.75, 3.05) is 6.54 Å². The first-order valence-electron chi connectivity index (χ1n) is 5.60. The number of thiophene rings is 1. The maximum atomic E-state index is 13.2. The highest BCUT2D eigenvalue weighted by atomic mass is 35.5. The Morgan fingerprint density at radius 3 is 2.32 bits per heavy atom. The molecule has 102 valence electrons. The summed E-state index contributed by atoms with van der Waals surface area (Å²) in [6.07, 6.45) is -0.941. The second-order valence-corrected chi connectivity index (χ2v) is 5.88. The van der Waals surface area contributed by atoms with Gasteiger partial charge in [-0.05, 0) is 29.8 Å². The van der Waals surface area contributed by atoms with E-state index in [1.807, 2.05) is 0 Å². The molecule has 0 aliphatic rings. The number of aliphatic hydroxyl groups is 1. The Balaban J connectivity index is 2.33. The van der Waals surface area contributed by atoms with Crippen molar-refractivity contribution in [2.24, 2.45) is 5.73 Å². The molecule has 6 heteroatoms. The van der Waals surface area contributed by atoms with Crippen molar-refractivity contribution >= 4 is 22.9 Å². The highest BCUT2D eigenvalue weighted by Crippen LogP contribution is 2.35. The third-order valence-corrected chi connectivity index (χ3v) is 4.14. The summed E-state index contributed by atoms with van der Waals surface area (Å²) in [7, 11) is 0. The summed E-state index contributed by atoms with van der Waals surface area (Å²) in [6, 6.07) is 6.48. The molecule has 0 radical (unpaired) electrons. The highest BCUT2D eigenvalue weighted by molar-refractivity contribution is 7.16. The predicted octanol–water partition coefficient (Wildman–Crippen LogP) is 3.46. The lowest BCUT2D eigenvalue weighted by atomic mass is 9.92. The van der Waals surface area contributed by atoms with Crippen LogP contribution in [0.4, 0.5) is 8.78 Å². The van der Waals surface area contributed by atoms with Crippen molar-refractivity contribution in [3.63, 3.8) is 0 Å². The minimum absolute atomic E-state index is 0.0690. The molecule has 1 heterocycles. The molecule has 1 aromatic carbocycles. The van der Waals surface area contributed by atoms with Gasteiger partial charge in [0.05, 0.1) is 10.4 Å². The zero-order chi connectivity index (χ0) is 14.0. The van der Waals surface area contributed by atoms with Crippen LogP contribution in [0.5, 0.6) is 0 Å². The number of benzene rings is 1. The van der Waals surface area contributed by atoms with Crippen LogP contribution in [0.1, 0.15) is 22.5 Å². The number of halogens is 3. The van der Waals surface area contributed by atoms with Crippen LogP contribution in [0.2, 0.25) is 4.34 Å². The molecule has 3 N–H and O–H groups in total. The highest BCUT2D eigenvalue weighted by Gasteiger charge is 2.24. The van der Waals surface area contributed by atoms with E-state index >= 15 is 0 Å². The molecule has 0 saturated carbocycles. The average Bonchev–Trinajstić information content (AvgIpc) is 2.75. The zero-order valence-corrected chi connectivity index (χ0v) is 11.4. The summed E-state index contributed by atoms with van der Waals surface area (Å²) in [5.41, 5.74) is 5.95. The molecule has 0 aliphatic heterocycles. The monoisotopic (exact) mass is 303 g/mol. The van der Waals surface area contributed by atoms with Crippen molar-refractivity contribution in [1.82, 2.24) is 0 Å². The molecule has 1 aromatic heterocycles. The Morgan fingerprint density at radius 2 is 1.84 bits per heavy atom. The van der Waals surface area contributed by atoms with Crippen LogP contribution in [0.3, 0.4) is 0 Å². The van der Waals surface area contributed by atoms with E-state index in [1.54, 1.807) is 12.1 Å². The van der Waals surface area contributed by atoms with Gasteiger partial charge in [-0.3, -0.25) is 0 Å². The van der Waals surface area contributed by atoms with Gasteiger partial charge < -0.3 is 10.8 Å². The lowest BCUT2D eigenvalue weighted by molar-refractivity contribution is 0.151. The van der Waals surface area contributed by atoms with E-state index in [0.717, 1.165) is 6.07 Å². The molecular weight excluding hydrogens is 292 g/mol. The first-order valence-corrected chi connectivity index (χ1v) is 6.80. The van der Waals surface area contributed by atoms with Gasteiger partial charge in [0.25, 0.3) is 0 Å². The van der Waals surface area contributed by atoms with Crippen molar-refractivity contribution in [1.29, 1.82) is 0 Å². The van der Waals surface area contributed by atoms with Gasteiger partial charge in [-0.25, -0.2) is 8.78 Å². The molecule has 0 saturated heterocycles. The zero-order valence-electron chi connectivity index (χ0n) is 9.82. The van der Waals surface area contributed by atoms with E-state index in [1.165, 1.54) is 23.5 Å². The molecule has 0 bridgehead atoms. The van der Waals surface area contributed by atoms with Gasteiger partial charge in [0.1, 0.15) is 11.6 Å². The van der Waals surface area contributed by atoms with Gasteiger partial charge >= 0.3 is 0 Å². The van der Waals surface area contributed by atoms with E-state index in [0.29, 0.717) is 14.8 Å². The molecule has 0 amide bonds. The number of hydrogen-bond acceptors (Lipinski definition) is 3. The Bertz CT molecular complexity index is 555. The van der Waals surface area contributed by atoms with Gasteiger partial charge in [0.2, 0.25) is 0 Å². The van der Waals surface area contributed by atoms with Gasteiger partial charge in [0, 0.05) is 23.4 Å². The first-order chi connectivity index (χ1) is 9.01. The van der Waals surface area contributed by atoms with Crippen LogP contribution in [-0.2, 0) is 0 Å². The van der Waals surface area contributed by atoms with E-state index in [4.69, 9.17) is 17.3 Å². The fourth-order valence-electron chi connectivity index (χ4n) is 1.92. The van der Waals surface area contributed by atoms with Gasteiger partial charge in [-0.2, -0.15) is 0 Å². The molecule has 2 atom stereocenters. The smallest absolute Gasteiger partial charge is 0.126 e. The van der Waals surface area contributed by atoms with E-state index in [2.05, 4.69) is 0 Å². The van der Waals surface area contributed by atoms with Crippen LogP contribution in [0.25, 0.3) is 0 Å². The van der Waals surface area contributed by atoms with Gasteiger partial charge in [-0.15, -0.1) is 11.3 Å². The summed E-state index contributed by atoms with van der Waals surface area (Å²) in [6.45, 7) is 0.0690. The summed E-state index contributed by atoms with van der Waals surface area (Å²) in [4.78, 5) is 0.616. The Morgan fingerprint density at radius 1 is 1.21 bits per heavy atom. The summed E-state index contributed by atoms with van der Waals surface area (Å²) in [5, 5.41) is 10.3. The molecule has 2 unspecified atom stereocenters. The van der Waals surface area contributed by atoms with Crippen molar-refractivity contribution in [3.05, 3.63) is 56.7 Å². The Labute approximate surface area is 118 Å². The quantitative estimate of drug-likeness (QED) is 0.908. The normalized spacial score (nSPS) is 14.4. The van der Waals surface area contributed by atoms with Crippen molar-refractivity contribution in [3.8, 4) is 0 Å². The minimum atomic E-state index is -0.941. The largest absolute Gasteiger partial charge is 0.387 e. The van der Waals surface area contributed by atoms with Crippen molar-refractivity contribution < 1.29 is 13.9 Å². The summed E-state index contributed by atoms with van der Waals surface area (Å²) >= 11 is 7.02. The molecule has 2 aromatic rings. The summed E-state index contributed by atoms with van der Waals surface area (Å²) < 4.78 is 27.0. The fourth-order valence-corrected chi connectivity index (χ4v) is 3.03. The predicted molar refractivity (Wildman–Crippen MR) is 72.4 cm³/mol. The molecule has 19 heavy (non-hydrogen) atoms. The Hall–Kier alpha value is -1.01. The van der Waals surface area contributed by atoms with Crippen molar-refractivity contribution in [2.45, 2.75) is 12.0 Å². The molecule has 0 fully saturated rings. The summed E-state index contributed by atoms with van der Waals surface area (Å²) in [5.74, 6) is -1.96. The molecule has 2 rings (SSSR count). The standard InChI is InChI=1S/C13H12ClF2NOS/c14-12-2-1-11(19-12)13(18)10(6-17)7-3-8(15)5-9(16)4-7/h1-5,10,13,18H,6,17H2. The number of aliphatic hydroxyl groups excluding tert-OH is 1. The van der Waals surface area contributed by atoms with Gasteiger partial charge in [-0.1, -0.05) is 11.6 Å². The van der Waals surface area contributed by atoms with Crippen LogP contribution < -0.4 is 5.73 Å². The SMILES string of the molecule is NCC(c1cc(F)cc(F)c1)C(O)c1ccc(Cl)s1. The maximum absolute atomic E-state index is 13.2. The third kappa shape index (κ3) is 3.30. The lowest BCUT2D eigenvalue weighted by Crippen LogP contribution is -2.20.